The summed E-state index contributed by atoms with van der Waals surface area (Å²) in [4.78, 5) is 24.3. The van der Waals surface area contributed by atoms with Gasteiger partial charge >= 0.3 is 0 Å². The molecule has 0 bridgehead atoms. The summed E-state index contributed by atoms with van der Waals surface area (Å²) >= 11 is 5.99. The molecule has 0 radical (unpaired) electrons. The van der Waals surface area contributed by atoms with Crippen molar-refractivity contribution in [2.45, 2.75) is 38.3 Å². The molecule has 1 N–H and O–H groups in total. The van der Waals surface area contributed by atoms with E-state index in [4.69, 9.17) is 11.6 Å². The van der Waals surface area contributed by atoms with Crippen LogP contribution in [-0.2, 0) is 0 Å². The summed E-state index contributed by atoms with van der Waals surface area (Å²) in [7, 11) is 0. The number of non-ortho nitro benzene ring substituents is 1. The first kappa shape index (κ1) is 15.7. The minimum Gasteiger partial charge on any atom is -0.388 e. The van der Waals surface area contributed by atoms with Crippen LogP contribution < -0.4 is 0 Å². The lowest BCUT2D eigenvalue weighted by Gasteiger charge is -2.34. The molecule has 2 rings (SSSR count). The Labute approximate surface area is 127 Å². The van der Waals surface area contributed by atoms with E-state index in [-0.39, 0.29) is 28.2 Å². The average Bonchev–Trinajstić information content (AvgIpc) is 2.86. The van der Waals surface area contributed by atoms with E-state index < -0.39 is 10.5 Å². The van der Waals surface area contributed by atoms with Crippen LogP contribution in [0, 0.1) is 10.1 Å². The van der Waals surface area contributed by atoms with Gasteiger partial charge in [-0.1, -0.05) is 11.6 Å². The van der Waals surface area contributed by atoms with Crippen LogP contribution in [0.1, 0.15) is 37.0 Å². The predicted molar refractivity (Wildman–Crippen MR) is 78.5 cm³/mol. The number of rotatable bonds is 3. The number of halogens is 1. The van der Waals surface area contributed by atoms with E-state index in [1.807, 2.05) is 0 Å². The Kier molecular flexibility index (Phi) is 4.20. The fourth-order valence-corrected chi connectivity index (χ4v) is 2.95. The lowest BCUT2D eigenvalue weighted by molar-refractivity contribution is -0.384. The molecule has 0 saturated carbocycles. The van der Waals surface area contributed by atoms with E-state index in [0.29, 0.717) is 6.54 Å². The first-order chi connectivity index (χ1) is 9.71. The van der Waals surface area contributed by atoms with Crippen LogP contribution in [0.5, 0.6) is 0 Å². The zero-order chi connectivity index (χ0) is 15.8. The van der Waals surface area contributed by atoms with Gasteiger partial charge in [0.1, 0.15) is 0 Å². The van der Waals surface area contributed by atoms with E-state index >= 15 is 0 Å². The molecule has 1 aliphatic rings. The molecule has 7 heteroatoms. The summed E-state index contributed by atoms with van der Waals surface area (Å²) in [6, 6.07) is 3.51. The number of nitrogens with zero attached hydrogens (tertiary/aromatic N) is 2. The summed E-state index contributed by atoms with van der Waals surface area (Å²) in [6.07, 6.45) is 1.53. The van der Waals surface area contributed by atoms with E-state index in [1.165, 1.54) is 18.2 Å². The third kappa shape index (κ3) is 3.16. The smallest absolute Gasteiger partial charge is 0.270 e. The molecule has 1 aliphatic heterocycles. The molecular weight excluding hydrogens is 296 g/mol. The van der Waals surface area contributed by atoms with Crippen molar-refractivity contribution in [1.82, 2.24) is 4.90 Å². The number of hydrogen-bond donors (Lipinski definition) is 1. The van der Waals surface area contributed by atoms with Gasteiger partial charge in [-0.25, -0.2) is 0 Å². The molecule has 0 spiro atoms. The van der Waals surface area contributed by atoms with Gasteiger partial charge in [-0.3, -0.25) is 14.9 Å². The van der Waals surface area contributed by atoms with Gasteiger partial charge in [-0.2, -0.15) is 0 Å². The zero-order valence-electron chi connectivity index (χ0n) is 11.9. The molecule has 1 saturated heterocycles. The van der Waals surface area contributed by atoms with Crippen molar-refractivity contribution in [3.05, 3.63) is 38.9 Å². The molecule has 0 aromatic heterocycles. The van der Waals surface area contributed by atoms with Crippen molar-refractivity contribution in [2.24, 2.45) is 0 Å². The summed E-state index contributed by atoms with van der Waals surface area (Å²) in [5.41, 5.74) is -0.935. The van der Waals surface area contributed by atoms with E-state index in [9.17, 15) is 20.0 Å². The van der Waals surface area contributed by atoms with E-state index in [2.05, 4.69) is 0 Å². The Bertz CT molecular complexity index is 583. The monoisotopic (exact) mass is 312 g/mol. The summed E-state index contributed by atoms with van der Waals surface area (Å²) in [6.45, 7) is 3.88. The van der Waals surface area contributed by atoms with Crippen molar-refractivity contribution >= 4 is 23.2 Å². The van der Waals surface area contributed by atoms with Crippen LogP contribution in [0.15, 0.2) is 18.2 Å². The van der Waals surface area contributed by atoms with Crippen molar-refractivity contribution in [3.63, 3.8) is 0 Å². The molecule has 1 aromatic carbocycles. The van der Waals surface area contributed by atoms with Gasteiger partial charge in [0.15, 0.2) is 0 Å². The van der Waals surface area contributed by atoms with Crippen molar-refractivity contribution < 1.29 is 14.8 Å². The molecule has 21 heavy (non-hydrogen) atoms. The lowest BCUT2D eigenvalue weighted by atomic mass is 9.96. The number of hydrogen-bond acceptors (Lipinski definition) is 4. The fourth-order valence-electron chi connectivity index (χ4n) is 2.69. The van der Waals surface area contributed by atoms with Crippen LogP contribution in [-0.4, -0.2) is 39.0 Å². The summed E-state index contributed by atoms with van der Waals surface area (Å²) in [5, 5.41) is 20.9. The van der Waals surface area contributed by atoms with Crippen LogP contribution in [0.2, 0.25) is 5.02 Å². The molecule has 6 nitrogen and oxygen atoms in total. The van der Waals surface area contributed by atoms with Gasteiger partial charge in [0, 0.05) is 18.7 Å². The number of aliphatic hydroxyl groups is 1. The number of carbonyl (C=O) groups excluding carboxylic acids is 1. The topological polar surface area (TPSA) is 83.7 Å². The lowest BCUT2D eigenvalue weighted by Crippen LogP contribution is -2.48. The number of benzene rings is 1. The van der Waals surface area contributed by atoms with Crippen molar-refractivity contribution in [3.8, 4) is 0 Å². The highest BCUT2D eigenvalue weighted by atomic mass is 35.5. The van der Waals surface area contributed by atoms with Crippen LogP contribution in [0.4, 0.5) is 5.69 Å². The van der Waals surface area contributed by atoms with Crippen molar-refractivity contribution in [1.29, 1.82) is 0 Å². The third-order valence-corrected chi connectivity index (χ3v) is 4.04. The van der Waals surface area contributed by atoms with Gasteiger partial charge in [0.2, 0.25) is 0 Å². The standard InChI is InChI=1S/C14H17ClN2O4/c1-14(2,19)12-4-3-7-16(12)13(18)10-6-5-9(17(20)21)8-11(10)15/h5-6,8,12,19H,3-4,7H2,1-2H3. The molecule has 1 fully saturated rings. The minimum absolute atomic E-state index is 0.0515. The average molecular weight is 313 g/mol. The van der Waals surface area contributed by atoms with Crippen LogP contribution in [0.3, 0.4) is 0 Å². The maximum atomic E-state index is 12.6. The molecule has 0 aliphatic carbocycles. The van der Waals surface area contributed by atoms with E-state index in [0.717, 1.165) is 12.8 Å². The van der Waals surface area contributed by atoms with Crippen molar-refractivity contribution in [2.75, 3.05) is 6.54 Å². The number of nitro groups is 1. The number of likely N-dealkylation sites (tertiary alicyclic amines) is 1. The van der Waals surface area contributed by atoms with Gasteiger partial charge in [0.05, 0.1) is 27.2 Å². The second kappa shape index (κ2) is 5.61. The second-order valence-corrected chi connectivity index (χ2v) is 6.14. The Morgan fingerprint density at radius 2 is 2.19 bits per heavy atom. The minimum atomic E-state index is -1.00. The second-order valence-electron chi connectivity index (χ2n) is 5.73. The largest absolute Gasteiger partial charge is 0.388 e. The number of carbonyl (C=O) groups is 1. The highest BCUT2D eigenvalue weighted by Gasteiger charge is 2.39. The SMILES string of the molecule is CC(C)(O)C1CCCN1C(=O)c1ccc([N+](=O)[O-])cc1Cl. The van der Waals surface area contributed by atoms with Gasteiger partial charge in [-0.05, 0) is 32.8 Å². The predicted octanol–water partition coefficient (Wildman–Crippen LogP) is 2.62. The first-order valence-electron chi connectivity index (χ1n) is 6.69. The highest BCUT2D eigenvalue weighted by molar-refractivity contribution is 6.34. The molecule has 1 atom stereocenters. The first-order valence-corrected chi connectivity index (χ1v) is 7.07. The normalized spacial score (nSPS) is 18.9. The van der Waals surface area contributed by atoms with Crippen LogP contribution >= 0.6 is 11.6 Å². The highest BCUT2D eigenvalue weighted by Crippen LogP contribution is 2.30. The quantitative estimate of drug-likeness (QED) is 0.687. The Balaban J connectivity index is 2.30. The zero-order valence-corrected chi connectivity index (χ0v) is 12.6. The summed E-state index contributed by atoms with van der Waals surface area (Å²) in [5.74, 6) is -0.306. The van der Waals surface area contributed by atoms with Gasteiger partial charge in [-0.15, -0.1) is 0 Å². The van der Waals surface area contributed by atoms with Gasteiger partial charge < -0.3 is 10.0 Å². The molecule has 1 aromatic rings. The Hall–Kier alpha value is -1.66. The number of amides is 1. The van der Waals surface area contributed by atoms with E-state index in [1.54, 1.807) is 18.7 Å². The van der Waals surface area contributed by atoms with Crippen LogP contribution in [0.25, 0.3) is 0 Å². The fraction of sp³-hybridized carbons (Fsp3) is 0.500. The molecule has 1 amide bonds. The Morgan fingerprint density at radius 3 is 2.71 bits per heavy atom. The number of nitro benzene ring substituents is 1. The van der Waals surface area contributed by atoms with Gasteiger partial charge in [0.25, 0.3) is 11.6 Å². The summed E-state index contributed by atoms with van der Waals surface area (Å²) < 4.78 is 0. The maximum Gasteiger partial charge on any atom is 0.270 e. The third-order valence-electron chi connectivity index (χ3n) is 3.72. The molecule has 114 valence electrons. The molecule has 1 unspecified atom stereocenters. The molecule has 1 heterocycles. The maximum absolute atomic E-state index is 12.6. The molecular formula is C14H17ClN2O4. The Morgan fingerprint density at radius 1 is 1.52 bits per heavy atom.